The van der Waals surface area contributed by atoms with E-state index in [2.05, 4.69) is 58.5 Å². The van der Waals surface area contributed by atoms with E-state index in [0.717, 1.165) is 13.8 Å². The highest BCUT2D eigenvalue weighted by Crippen LogP contribution is 2.14. The maximum atomic E-state index is 14.2. The van der Waals surface area contributed by atoms with Gasteiger partial charge in [-0.3, -0.25) is 62.3 Å². The molecule has 13 atom stereocenters. The Morgan fingerprint density at radius 2 is 0.759 bits per heavy atom. The molecule has 33 nitrogen and oxygen atoms in total. The predicted molar refractivity (Wildman–Crippen MR) is 309 cm³/mol. The van der Waals surface area contributed by atoms with E-state index in [0.29, 0.717) is 6.42 Å². The van der Waals surface area contributed by atoms with Crippen LogP contribution >= 0.6 is 0 Å². The Balaban J connectivity index is 6.67. The molecule has 0 spiro atoms. The number of carboxylic acids is 3. The highest BCUT2D eigenvalue weighted by Gasteiger charge is 2.39. The number of unbranched alkanes of at least 4 members (excludes halogenated alkanes) is 1. The third-order valence-corrected chi connectivity index (χ3v) is 13.3. The lowest BCUT2D eigenvalue weighted by Gasteiger charge is -2.31. The highest BCUT2D eigenvalue weighted by atomic mass is 16.4. The van der Waals surface area contributed by atoms with E-state index < -0.39 is 218 Å². The number of carbonyl (C=O) groups excluding carboxylic acids is 11. The van der Waals surface area contributed by atoms with Gasteiger partial charge in [0, 0.05) is 6.42 Å². The van der Waals surface area contributed by atoms with Gasteiger partial charge in [0.2, 0.25) is 65.0 Å². The van der Waals surface area contributed by atoms with Gasteiger partial charge in [-0.05, 0) is 82.1 Å². The first-order chi connectivity index (χ1) is 40.3. The lowest BCUT2D eigenvalue weighted by atomic mass is 9.98. The summed E-state index contributed by atoms with van der Waals surface area (Å²) in [5.41, 5.74) is 11.2. The molecule has 0 aliphatic carbocycles. The van der Waals surface area contributed by atoms with E-state index in [1.54, 1.807) is 27.7 Å². The van der Waals surface area contributed by atoms with Crippen LogP contribution in [0.4, 0.5) is 0 Å². The van der Waals surface area contributed by atoms with Crippen LogP contribution in [0.25, 0.3) is 0 Å². The van der Waals surface area contributed by atoms with Crippen LogP contribution < -0.4 is 70.0 Å². The number of aliphatic hydroxyl groups excluding tert-OH is 3. The molecule has 0 aromatic heterocycles. The van der Waals surface area contributed by atoms with Crippen LogP contribution in [0.15, 0.2) is 0 Å². The summed E-state index contributed by atoms with van der Waals surface area (Å²) in [6.07, 6.45) is -4.89. The van der Waals surface area contributed by atoms with E-state index in [1.165, 1.54) is 41.5 Å². The number of carboxylic acid groups (broad SMARTS) is 3. The van der Waals surface area contributed by atoms with Crippen molar-refractivity contribution in [3.8, 4) is 0 Å². The fraction of sp³-hybridized carbons (Fsp3) is 0.741. The monoisotopic (exact) mass is 1250 g/mol. The Labute approximate surface area is 505 Å². The highest BCUT2D eigenvalue weighted by molar-refractivity contribution is 5.99. The number of rotatable bonds is 41. The van der Waals surface area contributed by atoms with E-state index in [1.807, 2.05) is 0 Å². The topological polar surface area (TPSA) is 545 Å². The molecule has 0 fully saturated rings. The van der Waals surface area contributed by atoms with Gasteiger partial charge in [-0.1, -0.05) is 69.2 Å². The van der Waals surface area contributed by atoms with Crippen LogP contribution in [0, 0.1) is 29.6 Å². The van der Waals surface area contributed by atoms with Crippen molar-refractivity contribution < 1.29 is 97.8 Å². The van der Waals surface area contributed by atoms with Crippen molar-refractivity contribution in [2.45, 2.75) is 207 Å². The van der Waals surface area contributed by atoms with Crippen LogP contribution in [0.1, 0.15) is 128 Å². The molecule has 0 rings (SSSR count). The number of aliphatic carboxylic acids is 3. The maximum Gasteiger partial charge on any atom is 0.326 e. The summed E-state index contributed by atoms with van der Waals surface area (Å²) in [6.45, 7) is 16.2. The molecule has 0 unspecified atom stereocenters. The first kappa shape index (κ1) is 79.4. The number of nitrogens with one attached hydrogen (secondary N) is 11. The van der Waals surface area contributed by atoms with E-state index in [9.17, 15) is 92.7 Å². The summed E-state index contributed by atoms with van der Waals surface area (Å²) >= 11 is 0. The SMILES string of the molecule is CC(C)C[C@H](NC(=O)[C@H](CCC(=O)O)NC(=O)[C@H](CCCCN)NC(=O)[C@@H](NC(=O)[C@@H](NC(=O)[C@@H](NC(=O)[C@@H](NC(=O)CNC(=O)[C@@H](N)CC(=O)O)[C@@H](C)O)C(C)C)[C@@H](C)O)C(C)C)C(=O)N[C@H](C(=O)N[C@@H](CO)C(=O)N[C@H](C(=O)O)C(C)C)C(C)C. The Hall–Kier alpha value is -7.62. The molecule has 0 radical (unpaired) electrons. The number of aliphatic hydroxyl groups is 3. The first-order valence-corrected chi connectivity index (χ1v) is 28.7. The third-order valence-electron chi connectivity index (χ3n) is 13.3. The zero-order valence-corrected chi connectivity index (χ0v) is 51.5. The van der Waals surface area contributed by atoms with Gasteiger partial charge in [-0.15, -0.1) is 0 Å². The van der Waals surface area contributed by atoms with Crippen LogP contribution in [-0.2, 0) is 67.1 Å². The smallest absolute Gasteiger partial charge is 0.326 e. The first-order valence-electron chi connectivity index (χ1n) is 28.7. The van der Waals surface area contributed by atoms with Crippen molar-refractivity contribution in [3.05, 3.63) is 0 Å². The fourth-order valence-electron chi connectivity index (χ4n) is 8.23. The molecule has 33 heteroatoms. The third kappa shape index (κ3) is 29.1. The summed E-state index contributed by atoms with van der Waals surface area (Å²) in [6, 6.07) is -17.1. The number of hydrogen-bond donors (Lipinski definition) is 19. The van der Waals surface area contributed by atoms with Gasteiger partial charge in [-0.25, -0.2) is 4.79 Å². The van der Waals surface area contributed by atoms with Gasteiger partial charge in [0.25, 0.3) is 0 Å². The van der Waals surface area contributed by atoms with Gasteiger partial charge >= 0.3 is 17.9 Å². The Bertz CT molecular complexity index is 2370. The molecule has 11 amide bonds. The standard InChI is InChI=1S/C54H95N13O20/c1-23(2)19-33(47(79)63-38(24(3)4)50(82)61-34(22-68)48(80)66-41(27(9)10)54(86)87)60-46(78)32(16-17-36(72)73)58-45(77)31(15-13-14-18-55)59-49(81)39(25(5)6)64-53(85)43(29(12)70)67-51(83)40(26(7)8)65-52(84)42(28(11)69)62-35(71)21-57-44(76)30(56)20-37(74)75/h23-34,38-43,68-70H,13-22,55-56H2,1-12H3,(H,57,76)(H,58,77)(H,59,81)(H,60,78)(H,61,82)(H,62,71)(H,63,79)(H,64,85)(H,65,84)(H,66,80)(H,67,83)(H,72,73)(H,74,75)(H,86,87)/t28-,29-,30+,31+,32+,33+,34+,38+,39+,40+,41+,42+,43+/m1/s1. The summed E-state index contributed by atoms with van der Waals surface area (Å²) in [4.78, 5) is 184. The minimum atomic E-state index is -1.82. The molecular formula is C54H95N13O20. The second-order valence-electron chi connectivity index (χ2n) is 23.0. The second kappa shape index (κ2) is 39.2. The maximum absolute atomic E-state index is 14.2. The van der Waals surface area contributed by atoms with Gasteiger partial charge in [0.1, 0.15) is 60.4 Å². The zero-order chi connectivity index (χ0) is 67.3. The van der Waals surface area contributed by atoms with Crippen LogP contribution in [0.2, 0.25) is 0 Å². The Kier molecular flexibility index (Phi) is 35.8. The zero-order valence-electron chi connectivity index (χ0n) is 51.5. The molecule has 0 aliphatic rings. The van der Waals surface area contributed by atoms with Crippen LogP contribution in [0.5, 0.6) is 0 Å². The van der Waals surface area contributed by atoms with Gasteiger partial charge in [0.05, 0.1) is 37.8 Å². The predicted octanol–water partition coefficient (Wildman–Crippen LogP) is -5.75. The Morgan fingerprint density at radius 3 is 1.16 bits per heavy atom. The molecule has 0 aromatic carbocycles. The number of carbonyl (C=O) groups is 14. The van der Waals surface area contributed by atoms with Crippen LogP contribution in [0.3, 0.4) is 0 Å². The summed E-state index contributed by atoms with van der Waals surface area (Å²) in [7, 11) is 0. The van der Waals surface area contributed by atoms with Crippen molar-refractivity contribution in [1.29, 1.82) is 0 Å². The molecule has 0 aliphatic heterocycles. The summed E-state index contributed by atoms with van der Waals surface area (Å²) in [5, 5.41) is 85.3. The van der Waals surface area contributed by atoms with E-state index in [-0.39, 0.29) is 31.7 Å². The Morgan fingerprint density at radius 1 is 0.402 bits per heavy atom. The largest absolute Gasteiger partial charge is 0.481 e. The average molecular weight is 1250 g/mol. The normalized spacial score (nSPS) is 15.9. The van der Waals surface area contributed by atoms with Gasteiger partial charge in [-0.2, -0.15) is 0 Å². The molecule has 496 valence electrons. The number of nitrogens with two attached hydrogens (primary N) is 2. The molecular weight excluding hydrogens is 1150 g/mol. The number of hydrogen-bond acceptors (Lipinski definition) is 19. The quantitative estimate of drug-likeness (QED) is 0.0254. The molecule has 0 saturated carbocycles. The minimum absolute atomic E-state index is 0.0702. The summed E-state index contributed by atoms with van der Waals surface area (Å²) < 4.78 is 0. The fourth-order valence-corrected chi connectivity index (χ4v) is 8.23. The summed E-state index contributed by atoms with van der Waals surface area (Å²) in [5.74, 6) is -18.4. The van der Waals surface area contributed by atoms with Crippen molar-refractivity contribution in [1.82, 2.24) is 58.5 Å². The second-order valence-corrected chi connectivity index (χ2v) is 23.0. The van der Waals surface area contributed by atoms with Gasteiger partial charge in [0.15, 0.2) is 0 Å². The van der Waals surface area contributed by atoms with Crippen molar-refractivity contribution in [2.24, 2.45) is 41.1 Å². The lowest BCUT2D eigenvalue weighted by molar-refractivity contribution is -0.144. The van der Waals surface area contributed by atoms with Crippen molar-refractivity contribution in [2.75, 3.05) is 19.7 Å². The minimum Gasteiger partial charge on any atom is -0.481 e. The van der Waals surface area contributed by atoms with Crippen molar-refractivity contribution in [3.63, 3.8) is 0 Å². The van der Waals surface area contributed by atoms with E-state index >= 15 is 0 Å². The molecule has 0 bridgehead atoms. The molecule has 87 heavy (non-hydrogen) atoms. The lowest BCUT2D eigenvalue weighted by Crippen LogP contribution is -2.63. The number of amides is 11. The molecule has 0 saturated heterocycles. The van der Waals surface area contributed by atoms with Crippen LogP contribution in [-0.4, -0.2) is 212 Å². The molecule has 0 heterocycles. The van der Waals surface area contributed by atoms with Crippen molar-refractivity contribution >= 4 is 82.9 Å². The average Bonchev–Trinajstić information content (AvgIpc) is 1.95. The van der Waals surface area contributed by atoms with E-state index in [4.69, 9.17) is 16.6 Å². The molecule has 21 N–H and O–H groups in total. The van der Waals surface area contributed by atoms with Gasteiger partial charge < -0.3 is 101 Å². The molecule has 0 aromatic rings.